The minimum absolute atomic E-state index is 0.123. The van der Waals surface area contributed by atoms with E-state index in [1.807, 2.05) is 0 Å². The number of imide groups is 1. The molecular weight excluding hydrogens is 444 g/mol. The first kappa shape index (κ1) is 22.7. The van der Waals surface area contributed by atoms with Gasteiger partial charge in [0.05, 0.1) is 11.9 Å². The van der Waals surface area contributed by atoms with Crippen molar-refractivity contribution in [1.82, 2.24) is 9.88 Å². The van der Waals surface area contributed by atoms with Gasteiger partial charge in [-0.05, 0) is 55.8 Å². The molecule has 3 rings (SSSR count). The van der Waals surface area contributed by atoms with Crippen molar-refractivity contribution >= 4 is 46.6 Å². The van der Waals surface area contributed by atoms with Gasteiger partial charge in [0, 0.05) is 28.1 Å². The lowest BCUT2D eigenvalue weighted by Gasteiger charge is -2.18. The zero-order valence-corrected chi connectivity index (χ0v) is 18.2. The Labute approximate surface area is 188 Å². The molecule has 0 aliphatic carbocycles. The number of alkyl halides is 1. The molecule has 0 saturated carbocycles. The Hall–Kier alpha value is -3.03. The third-order valence-electron chi connectivity index (χ3n) is 4.65. The number of pyridine rings is 1. The van der Waals surface area contributed by atoms with Crippen LogP contribution in [0.25, 0.3) is 0 Å². The van der Waals surface area contributed by atoms with E-state index < -0.39 is 28.9 Å². The lowest BCUT2D eigenvalue weighted by Crippen LogP contribution is -2.31. The fraction of sp³-hybridized carbons (Fsp3) is 0.182. The highest BCUT2D eigenvalue weighted by atomic mass is 35.5. The van der Waals surface area contributed by atoms with Crippen LogP contribution in [0.5, 0.6) is 0 Å². The molecule has 160 valence electrons. The summed E-state index contributed by atoms with van der Waals surface area (Å²) < 4.78 is 13.9. The van der Waals surface area contributed by atoms with Crippen molar-refractivity contribution in [1.29, 1.82) is 0 Å². The minimum Gasteiger partial charge on any atom is -0.320 e. The highest BCUT2D eigenvalue weighted by Crippen LogP contribution is 2.29. The molecule has 6 nitrogen and oxygen atoms in total. The Morgan fingerprint density at radius 1 is 1.26 bits per heavy atom. The van der Waals surface area contributed by atoms with E-state index in [1.54, 1.807) is 19.1 Å². The van der Waals surface area contributed by atoms with Gasteiger partial charge in [-0.2, -0.15) is 0 Å². The van der Waals surface area contributed by atoms with Crippen LogP contribution >= 0.6 is 23.2 Å². The minimum atomic E-state index is -0.579. The van der Waals surface area contributed by atoms with Crippen LogP contribution in [-0.4, -0.2) is 33.0 Å². The first-order valence-corrected chi connectivity index (χ1v) is 10.1. The molecule has 0 fully saturated rings. The summed E-state index contributed by atoms with van der Waals surface area (Å²) in [5, 5.41) is 2.33. The largest absolute Gasteiger partial charge is 0.320 e. The van der Waals surface area contributed by atoms with E-state index in [0.29, 0.717) is 0 Å². The summed E-state index contributed by atoms with van der Waals surface area (Å²) in [6, 6.07) is 8.55. The van der Waals surface area contributed by atoms with Crippen LogP contribution in [0.3, 0.4) is 0 Å². The highest BCUT2D eigenvalue weighted by molar-refractivity contribution is 6.38. The SMILES string of the molecule is CC1=C(/C=C(/Cl)C(C)Cl)C(=O)N(Cc2cc(F)ccc2NC(=O)c2ccccn2)C1=O. The second kappa shape index (κ2) is 9.41. The molecule has 1 atom stereocenters. The molecule has 0 spiro atoms. The summed E-state index contributed by atoms with van der Waals surface area (Å²) in [5.74, 6) is -2.19. The molecule has 9 heteroatoms. The number of allylic oxidation sites excluding steroid dienone is 1. The second-order valence-electron chi connectivity index (χ2n) is 6.85. The molecule has 31 heavy (non-hydrogen) atoms. The molecule has 2 heterocycles. The molecular formula is C22H18Cl2FN3O3. The Morgan fingerprint density at radius 3 is 2.65 bits per heavy atom. The normalized spacial score (nSPS) is 15.5. The number of carbonyl (C=O) groups is 3. The van der Waals surface area contributed by atoms with E-state index in [1.165, 1.54) is 37.4 Å². The third-order valence-corrected chi connectivity index (χ3v) is 5.43. The molecule has 1 aromatic carbocycles. The molecule has 3 amide bonds. The number of halogens is 3. The number of nitrogens with one attached hydrogen (secondary N) is 1. The molecule has 2 aromatic rings. The quantitative estimate of drug-likeness (QED) is 0.510. The second-order valence-corrected chi connectivity index (χ2v) is 7.94. The van der Waals surface area contributed by atoms with E-state index in [9.17, 15) is 18.8 Å². The van der Waals surface area contributed by atoms with E-state index in [0.717, 1.165) is 11.0 Å². The van der Waals surface area contributed by atoms with Crippen molar-refractivity contribution in [3.63, 3.8) is 0 Å². The van der Waals surface area contributed by atoms with Gasteiger partial charge in [-0.1, -0.05) is 17.7 Å². The van der Waals surface area contributed by atoms with Crippen LogP contribution in [0.15, 0.2) is 64.8 Å². The van der Waals surface area contributed by atoms with Crippen molar-refractivity contribution in [3.05, 3.63) is 81.9 Å². The van der Waals surface area contributed by atoms with Crippen molar-refractivity contribution < 1.29 is 18.8 Å². The van der Waals surface area contributed by atoms with E-state index in [4.69, 9.17) is 23.2 Å². The van der Waals surface area contributed by atoms with Crippen LogP contribution in [0.4, 0.5) is 10.1 Å². The topological polar surface area (TPSA) is 79.4 Å². The molecule has 1 N–H and O–H groups in total. The van der Waals surface area contributed by atoms with E-state index in [-0.39, 0.29) is 39.7 Å². The number of rotatable bonds is 6. The van der Waals surface area contributed by atoms with Crippen LogP contribution in [0, 0.1) is 5.82 Å². The molecule has 1 aromatic heterocycles. The first-order chi connectivity index (χ1) is 14.7. The average molecular weight is 462 g/mol. The molecule has 1 aliphatic rings. The van der Waals surface area contributed by atoms with Gasteiger partial charge in [0.15, 0.2) is 0 Å². The summed E-state index contributed by atoms with van der Waals surface area (Å²) >= 11 is 12.0. The average Bonchev–Trinajstić information content (AvgIpc) is 2.94. The summed E-state index contributed by atoms with van der Waals surface area (Å²) in [5.41, 5.74) is 1.00. The smallest absolute Gasteiger partial charge is 0.274 e. The fourth-order valence-corrected chi connectivity index (χ4v) is 3.12. The summed E-state index contributed by atoms with van der Waals surface area (Å²) in [4.78, 5) is 42.9. The summed E-state index contributed by atoms with van der Waals surface area (Å²) in [7, 11) is 0. The van der Waals surface area contributed by atoms with Crippen molar-refractivity contribution in [2.75, 3.05) is 5.32 Å². The van der Waals surface area contributed by atoms with Gasteiger partial charge in [0.1, 0.15) is 11.5 Å². The maximum atomic E-state index is 13.9. The van der Waals surface area contributed by atoms with E-state index >= 15 is 0 Å². The maximum absolute atomic E-state index is 13.9. The molecule has 0 radical (unpaired) electrons. The molecule has 0 bridgehead atoms. The number of hydrogen-bond acceptors (Lipinski definition) is 4. The van der Waals surface area contributed by atoms with Crippen LogP contribution < -0.4 is 5.32 Å². The zero-order chi connectivity index (χ0) is 22.7. The number of aromatic nitrogens is 1. The number of carbonyl (C=O) groups excluding carboxylic acids is 3. The van der Waals surface area contributed by atoms with Gasteiger partial charge in [-0.15, -0.1) is 11.6 Å². The highest BCUT2D eigenvalue weighted by Gasteiger charge is 2.35. The standard InChI is InChI=1S/C22H18Cl2FN3O3/c1-12-16(10-17(24)13(2)23)22(31)28(21(12)30)11-14-9-15(25)6-7-18(14)27-20(29)19-5-3-4-8-26-19/h3-10,13H,11H2,1-2H3,(H,27,29)/b17-10+. The lowest BCUT2D eigenvalue weighted by molar-refractivity contribution is -0.138. The molecule has 0 saturated heterocycles. The number of hydrogen-bond donors (Lipinski definition) is 1. The predicted octanol–water partition coefficient (Wildman–Crippen LogP) is 4.41. The van der Waals surface area contributed by atoms with Gasteiger partial charge >= 0.3 is 0 Å². The third kappa shape index (κ3) is 5.00. The Kier molecular flexibility index (Phi) is 6.87. The van der Waals surface area contributed by atoms with Gasteiger partial charge in [0.25, 0.3) is 17.7 Å². The number of benzene rings is 1. The lowest BCUT2D eigenvalue weighted by atomic mass is 10.1. The number of nitrogens with zero attached hydrogens (tertiary/aromatic N) is 2. The fourth-order valence-electron chi connectivity index (χ4n) is 2.95. The van der Waals surface area contributed by atoms with Crippen LogP contribution in [0.2, 0.25) is 0 Å². The Bertz CT molecular complexity index is 1110. The van der Waals surface area contributed by atoms with Crippen LogP contribution in [0.1, 0.15) is 29.9 Å². The van der Waals surface area contributed by atoms with Gasteiger partial charge < -0.3 is 5.32 Å². The summed E-state index contributed by atoms with van der Waals surface area (Å²) in [6.07, 6.45) is 2.84. The maximum Gasteiger partial charge on any atom is 0.274 e. The molecule has 1 aliphatic heterocycles. The first-order valence-electron chi connectivity index (χ1n) is 9.28. The molecule has 1 unspecified atom stereocenters. The Balaban J connectivity index is 1.87. The number of amides is 3. The van der Waals surface area contributed by atoms with Crippen molar-refractivity contribution in [3.8, 4) is 0 Å². The van der Waals surface area contributed by atoms with Gasteiger partial charge in [-0.25, -0.2) is 4.39 Å². The monoisotopic (exact) mass is 461 g/mol. The van der Waals surface area contributed by atoms with Crippen molar-refractivity contribution in [2.24, 2.45) is 0 Å². The van der Waals surface area contributed by atoms with Crippen LogP contribution in [-0.2, 0) is 16.1 Å². The zero-order valence-electron chi connectivity index (χ0n) is 16.7. The predicted molar refractivity (Wildman–Crippen MR) is 116 cm³/mol. The van der Waals surface area contributed by atoms with Gasteiger partial charge in [-0.3, -0.25) is 24.3 Å². The van der Waals surface area contributed by atoms with E-state index in [2.05, 4.69) is 10.3 Å². The van der Waals surface area contributed by atoms with Gasteiger partial charge in [0.2, 0.25) is 0 Å². The number of anilines is 1. The Morgan fingerprint density at radius 2 is 2.00 bits per heavy atom. The summed E-state index contributed by atoms with van der Waals surface area (Å²) in [6.45, 7) is 2.90. The van der Waals surface area contributed by atoms with Crippen molar-refractivity contribution in [2.45, 2.75) is 25.8 Å².